The molecule has 1 aromatic rings. The van der Waals surface area contributed by atoms with E-state index in [0.29, 0.717) is 16.6 Å². The molecule has 23 heavy (non-hydrogen) atoms. The maximum Gasteiger partial charge on any atom is 0.165 e. The molecule has 2 heterocycles. The van der Waals surface area contributed by atoms with Gasteiger partial charge in [0.05, 0.1) is 12.9 Å². The van der Waals surface area contributed by atoms with E-state index in [1.54, 1.807) is 12.7 Å². The molecular weight excluding hydrogens is 333 g/mol. The lowest BCUT2D eigenvalue weighted by Gasteiger charge is -2.23. The van der Waals surface area contributed by atoms with Gasteiger partial charge in [-0.3, -0.25) is 0 Å². The van der Waals surface area contributed by atoms with Crippen molar-refractivity contribution in [2.45, 2.75) is 20.4 Å². The van der Waals surface area contributed by atoms with E-state index in [4.69, 9.17) is 23.2 Å². The van der Waals surface area contributed by atoms with E-state index >= 15 is 0 Å². The molecule has 0 saturated carbocycles. The Morgan fingerprint density at radius 1 is 1.04 bits per heavy atom. The van der Waals surface area contributed by atoms with Gasteiger partial charge in [-0.05, 0) is 26.0 Å². The summed E-state index contributed by atoms with van der Waals surface area (Å²) < 4.78 is 1.92. The summed E-state index contributed by atoms with van der Waals surface area (Å²) in [6.45, 7) is 6.42. The van der Waals surface area contributed by atoms with E-state index in [-0.39, 0.29) is 0 Å². The lowest BCUT2D eigenvalue weighted by molar-refractivity contribution is 0.747. The normalized spacial score (nSPS) is 11.1. The van der Waals surface area contributed by atoms with Crippen molar-refractivity contribution >= 4 is 29.0 Å². The summed E-state index contributed by atoms with van der Waals surface area (Å²) in [6.07, 6.45) is 3.33. The number of anilines is 1. The number of aromatic nitrogens is 4. The van der Waals surface area contributed by atoms with Gasteiger partial charge in [-0.1, -0.05) is 29.3 Å². The third-order valence-electron chi connectivity index (χ3n) is 3.84. The van der Waals surface area contributed by atoms with Crippen molar-refractivity contribution in [1.82, 2.24) is 19.5 Å². The fraction of sp³-hybridized carbons (Fsp3) is 0.312. The summed E-state index contributed by atoms with van der Waals surface area (Å²) in [5, 5.41) is 1.26. The first-order valence-electron chi connectivity index (χ1n) is 7.49. The first-order valence-corrected chi connectivity index (χ1v) is 8.25. The minimum Gasteiger partial charge on any atom is -0.355 e. The van der Waals surface area contributed by atoms with Gasteiger partial charge in [0.2, 0.25) is 0 Å². The smallest absolute Gasteiger partial charge is 0.165 e. The molecule has 0 radical (unpaired) electrons. The second-order valence-corrected chi connectivity index (χ2v) is 5.93. The molecule has 0 aromatic heterocycles. The molecule has 1 aromatic carbocycles. The van der Waals surface area contributed by atoms with E-state index in [9.17, 15) is 0 Å². The SMILES string of the molecule is CCN(CC)c1ncn(Cc2c(Cl)cccc2Cl)c2ncnc1-2. The van der Waals surface area contributed by atoms with Gasteiger partial charge in [0, 0.05) is 28.7 Å². The zero-order chi connectivity index (χ0) is 16.4. The second-order valence-electron chi connectivity index (χ2n) is 5.11. The number of hydrogen-bond donors (Lipinski definition) is 0. The summed E-state index contributed by atoms with van der Waals surface area (Å²) in [6, 6.07) is 5.49. The van der Waals surface area contributed by atoms with Crippen molar-refractivity contribution in [3.05, 3.63) is 46.5 Å². The molecule has 120 valence electrons. The van der Waals surface area contributed by atoms with Crippen LogP contribution >= 0.6 is 23.2 Å². The lowest BCUT2D eigenvalue weighted by Crippen LogP contribution is -2.25. The van der Waals surface area contributed by atoms with Crippen LogP contribution in [0.25, 0.3) is 11.5 Å². The number of fused-ring (bicyclic) bond motifs is 1. The summed E-state index contributed by atoms with van der Waals surface area (Å²) in [4.78, 5) is 15.5. The molecule has 0 amide bonds. The van der Waals surface area contributed by atoms with E-state index < -0.39 is 0 Å². The molecule has 0 unspecified atom stereocenters. The Labute approximate surface area is 145 Å². The van der Waals surface area contributed by atoms with Gasteiger partial charge in [0.15, 0.2) is 17.3 Å². The van der Waals surface area contributed by atoms with Crippen LogP contribution in [-0.4, -0.2) is 32.6 Å². The largest absolute Gasteiger partial charge is 0.355 e. The van der Waals surface area contributed by atoms with Crippen molar-refractivity contribution in [2.75, 3.05) is 18.0 Å². The molecule has 0 aliphatic carbocycles. The minimum absolute atomic E-state index is 0.499. The van der Waals surface area contributed by atoms with Crippen LogP contribution in [0.5, 0.6) is 0 Å². The van der Waals surface area contributed by atoms with Crippen molar-refractivity contribution in [1.29, 1.82) is 0 Å². The zero-order valence-electron chi connectivity index (χ0n) is 13.0. The van der Waals surface area contributed by atoms with E-state index in [1.807, 2.05) is 22.8 Å². The third kappa shape index (κ3) is 2.99. The molecule has 0 bridgehead atoms. The number of hydrogen-bond acceptors (Lipinski definition) is 4. The molecule has 5 nitrogen and oxygen atoms in total. The first-order chi connectivity index (χ1) is 11.2. The van der Waals surface area contributed by atoms with Crippen LogP contribution in [0.1, 0.15) is 19.4 Å². The maximum atomic E-state index is 6.27. The molecule has 0 fully saturated rings. The van der Waals surface area contributed by atoms with Crippen molar-refractivity contribution in [2.24, 2.45) is 0 Å². The summed E-state index contributed by atoms with van der Waals surface area (Å²) in [5.74, 6) is 1.63. The monoisotopic (exact) mass is 349 g/mol. The fourth-order valence-electron chi connectivity index (χ4n) is 2.59. The molecule has 0 atom stereocenters. The van der Waals surface area contributed by atoms with Gasteiger partial charge in [-0.15, -0.1) is 0 Å². The van der Waals surface area contributed by atoms with Crippen LogP contribution < -0.4 is 4.90 Å². The van der Waals surface area contributed by atoms with Gasteiger partial charge in [-0.25, -0.2) is 15.0 Å². The molecule has 0 saturated heterocycles. The van der Waals surface area contributed by atoms with Crippen molar-refractivity contribution < 1.29 is 0 Å². The quantitative estimate of drug-likeness (QED) is 0.698. The number of benzene rings is 1. The van der Waals surface area contributed by atoms with Crippen LogP contribution in [0.3, 0.4) is 0 Å². The molecule has 0 spiro atoms. The second kappa shape index (κ2) is 6.72. The average Bonchev–Trinajstić information content (AvgIpc) is 3.03. The number of imidazole rings is 1. The highest BCUT2D eigenvalue weighted by Crippen LogP contribution is 2.30. The Kier molecular flexibility index (Phi) is 4.68. The van der Waals surface area contributed by atoms with Gasteiger partial charge in [0.1, 0.15) is 6.33 Å². The van der Waals surface area contributed by atoms with Gasteiger partial charge >= 0.3 is 0 Å². The highest BCUT2D eigenvalue weighted by Gasteiger charge is 2.20. The standard InChI is InChI=1S/C16H17Cl2N5/c1-3-22(4-2)16-14-15(20-9-19-14)23(10-21-16)8-11-12(17)6-5-7-13(11)18/h5-7,9-10H,3-4,8H2,1-2H3. The number of rotatable bonds is 5. The number of nitrogens with zero attached hydrogens (tertiary/aromatic N) is 5. The Morgan fingerprint density at radius 3 is 2.39 bits per heavy atom. The zero-order valence-corrected chi connectivity index (χ0v) is 14.5. The molecular formula is C16H17Cl2N5. The summed E-state index contributed by atoms with van der Waals surface area (Å²) in [5.41, 5.74) is 1.64. The lowest BCUT2D eigenvalue weighted by atomic mass is 10.2. The van der Waals surface area contributed by atoms with Crippen LogP contribution in [0, 0.1) is 0 Å². The highest BCUT2D eigenvalue weighted by atomic mass is 35.5. The predicted molar refractivity (Wildman–Crippen MR) is 93.6 cm³/mol. The fourth-order valence-corrected chi connectivity index (χ4v) is 3.11. The minimum atomic E-state index is 0.499. The molecule has 2 aliphatic rings. The van der Waals surface area contributed by atoms with Crippen molar-refractivity contribution in [3.63, 3.8) is 0 Å². The van der Waals surface area contributed by atoms with E-state index in [1.165, 1.54) is 0 Å². The third-order valence-corrected chi connectivity index (χ3v) is 4.54. The highest BCUT2D eigenvalue weighted by molar-refractivity contribution is 6.35. The van der Waals surface area contributed by atoms with Crippen LogP contribution in [0.15, 0.2) is 30.9 Å². The van der Waals surface area contributed by atoms with Gasteiger partial charge < -0.3 is 9.47 Å². The van der Waals surface area contributed by atoms with E-state index in [2.05, 4.69) is 33.7 Å². The summed E-state index contributed by atoms with van der Waals surface area (Å²) >= 11 is 12.5. The van der Waals surface area contributed by atoms with Crippen LogP contribution in [-0.2, 0) is 6.54 Å². The number of halogens is 2. The topological polar surface area (TPSA) is 46.8 Å². The molecule has 2 aliphatic heterocycles. The Balaban J connectivity index is 2.03. The van der Waals surface area contributed by atoms with Crippen LogP contribution in [0.4, 0.5) is 5.82 Å². The average molecular weight is 350 g/mol. The summed E-state index contributed by atoms with van der Waals surface area (Å²) in [7, 11) is 0. The van der Waals surface area contributed by atoms with Gasteiger partial charge in [-0.2, -0.15) is 0 Å². The van der Waals surface area contributed by atoms with Crippen molar-refractivity contribution in [3.8, 4) is 11.5 Å². The van der Waals surface area contributed by atoms with E-state index in [0.717, 1.165) is 36.0 Å². The first kappa shape index (κ1) is 16.0. The van der Waals surface area contributed by atoms with Gasteiger partial charge in [0.25, 0.3) is 0 Å². The predicted octanol–water partition coefficient (Wildman–Crippen LogP) is 3.98. The molecule has 7 heteroatoms. The Morgan fingerprint density at radius 2 is 1.74 bits per heavy atom. The molecule has 3 rings (SSSR count). The Hall–Kier alpha value is -1.85. The molecule has 0 N–H and O–H groups in total. The maximum absolute atomic E-state index is 6.27. The Bertz CT molecular complexity index is 762. The van der Waals surface area contributed by atoms with Crippen LogP contribution in [0.2, 0.25) is 10.0 Å².